The predicted molar refractivity (Wildman–Crippen MR) is 40.3 cm³/mol. The van der Waals surface area contributed by atoms with Gasteiger partial charge in [-0.15, -0.1) is 0 Å². The molecule has 0 aliphatic rings. The van der Waals surface area contributed by atoms with Crippen LogP contribution in [-0.2, 0) is 19.6 Å². The van der Waals surface area contributed by atoms with E-state index in [1.165, 1.54) is 0 Å². The standard InChI is InChI=1S/C5H6F3NO4S/c1-13-4(10)3(5(6,7)8)9-14(2,11)12/h1-2H3. The van der Waals surface area contributed by atoms with Crippen LogP contribution < -0.4 is 0 Å². The Morgan fingerprint density at radius 1 is 1.36 bits per heavy atom. The number of sulfonamides is 1. The highest BCUT2D eigenvalue weighted by atomic mass is 32.2. The second-order valence-electron chi connectivity index (χ2n) is 2.16. The topological polar surface area (TPSA) is 72.8 Å². The van der Waals surface area contributed by atoms with E-state index in [2.05, 4.69) is 9.13 Å². The fourth-order valence-corrected chi connectivity index (χ4v) is 0.977. The molecule has 0 amide bonds. The molecule has 0 bridgehead atoms. The van der Waals surface area contributed by atoms with Crippen molar-refractivity contribution in [2.45, 2.75) is 6.18 Å². The van der Waals surface area contributed by atoms with Gasteiger partial charge in [0.15, 0.2) is 0 Å². The molecule has 0 heterocycles. The van der Waals surface area contributed by atoms with Crippen molar-refractivity contribution in [2.24, 2.45) is 4.40 Å². The van der Waals surface area contributed by atoms with Crippen molar-refractivity contribution in [1.82, 2.24) is 0 Å². The highest BCUT2D eigenvalue weighted by molar-refractivity contribution is 7.89. The molecule has 0 fully saturated rings. The summed E-state index contributed by atoms with van der Waals surface area (Å²) in [6.07, 6.45) is -4.72. The van der Waals surface area contributed by atoms with E-state index in [-0.39, 0.29) is 0 Å². The minimum Gasteiger partial charge on any atom is -0.464 e. The molecule has 0 unspecified atom stereocenters. The Labute approximate surface area is 77.6 Å². The number of methoxy groups -OCH3 is 1. The number of halogens is 3. The lowest BCUT2D eigenvalue weighted by molar-refractivity contribution is -0.137. The van der Waals surface area contributed by atoms with E-state index < -0.39 is 27.9 Å². The van der Waals surface area contributed by atoms with E-state index in [1.54, 1.807) is 0 Å². The molecule has 0 atom stereocenters. The Bertz CT molecular complexity index is 356. The summed E-state index contributed by atoms with van der Waals surface area (Å²) in [7, 11) is -3.61. The number of ether oxygens (including phenoxy) is 1. The third-order valence-electron chi connectivity index (χ3n) is 0.904. The highest BCUT2D eigenvalue weighted by Gasteiger charge is 2.43. The van der Waals surface area contributed by atoms with Gasteiger partial charge in [0.2, 0.25) is 5.71 Å². The van der Waals surface area contributed by atoms with Gasteiger partial charge < -0.3 is 4.74 Å². The maximum atomic E-state index is 12.0. The molecule has 0 aromatic heterocycles. The molecule has 0 rings (SSSR count). The SMILES string of the molecule is COC(=O)C(=NS(C)(=O)=O)C(F)(F)F. The van der Waals surface area contributed by atoms with Crippen LogP contribution in [0.2, 0.25) is 0 Å². The van der Waals surface area contributed by atoms with Crippen LogP contribution in [0.15, 0.2) is 4.40 Å². The molecule has 9 heteroatoms. The third-order valence-corrected chi connectivity index (χ3v) is 1.42. The van der Waals surface area contributed by atoms with Crippen LogP contribution in [-0.4, -0.2) is 39.6 Å². The molecule has 0 aromatic rings. The van der Waals surface area contributed by atoms with Crippen molar-refractivity contribution in [3.63, 3.8) is 0 Å². The monoisotopic (exact) mass is 233 g/mol. The summed E-state index contributed by atoms with van der Waals surface area (Å²) >= 11 is 0. The van der Waals surface area contributed by atoms with Gasteiger partial charge in [-0.2, -0.15) is 17.6 Å². The summed E-state index contributed by atoms with van der Waals surface area (Å²) in [5.41, 5.74) is -2.09. The van der Waals surface area contributed by atoms with Gasteiger partial charge in [-0.05, 0) is 0 Å². The highest BCUT2D eigenvalue weighted by Crippen LogP contribution is 2.19. The largest absolute Gasteiger partial charge is 0.464 e. The van der Waals surface area contributed by atoms with Crippen LogP contribution in [0.4, 0.5) is 13.2 Å². The minimum atomic E-state index is -5.16. The van der Waals surface area contributed by atoms with E-state index in [0.717, 1.165) is 0 Å². The predicted octanol–water partition coefficient (Wildman–Crippen LogP) is 0.122. The van der Waals surface area contributed by atoms with E-state index in [0.29, 0.717) is 13.4 Å². The zero-order valence-corrected chi connectivity index (χ0v) is 7.94. The normalized spacial score (nSPS) is 13.9. The lowest BCUT2D eigenvalue weighted by Crippen LogP contribution is -2.33. The van der Waals surface area contributed by atoms with Crippen LogP contribution in [0.5, 0.6) is 0 Å². The Hall–Kier alpha value is -1.12. The zero-order valence-electron chi connectivity index (χ0n) is 7.12. The first kappa shape index (κ1) is 12.9. The Balaban J connectivity index is 5.36. The van der Waals surface area contributed by atoms with Gasteiger partial charge in [0.1, 0.15) is 0 Å². The minimum absolute atomic E-state index is 0.432. The van der Waals surface area contributed by atoms with Crippen LogP contribution >= 0.6 is 0 Å². The van der Waals surface area contributed by atoms with Gasteiger partial charge in [-0.1, -0.05) is 0 Å². The maximum Gasteiger partial charge on any atom is 0.441 e. The fraction of sp³-hybridized carbons (Fsp3) is 0.600. The number of nitrogens with zero attached hydrogens (tertiary/aromatic N) is 1. The zero-order chi connectivity index (χ0) is 11.6. The second kappa shape index (κ2) is 3.95. The molecule has 0 N–H and O–H groups in total. The van der Waals surface area contributed by atoms with Crippen molar-refractivity contribution in [3.05, 3.63) is 0 Å². The Morgan fingerprint density at radius 3 is 2.00 bits per heavy atom. The first-order valence-electron chi connectivity index (χ1n) is 3.03. The van der Waals surface area contributed by atoms with Crippen LogP contribution in [0.3, 0.4) is 0 Å². The average Bonchev–Trinajstić information content (AvgIpc) is 1.95. The molecule has 82 valence electrons. The second-order valence-corrected chi connectivity index (χ2v) is 3.81. The molecule has 0 saturated carbocycles. The lowest BCUT2D eigenvalue weighted by atomic mass is 10.4. The molecule has 5 nitrogen and oxygen atoms in total. The molecule has 0 radical (unpaired) electrons. The third kappa shape index (κ3) is 4.21. The van der Waals surface area contributed by atoms with Gasteiger partial charge in [0, 0.05) is 0 Å². The number of carbonyl (C=O) groups excluding carboxylic acids is 1. The first-order chi connectivity index (χ1) is 6.08. The lowest BCUT2D eigenvalue weighted by Gasteiger charge is -2.06. The fourth-order valence-electron chi connectivity index (χ4n) is 0.467. The maximum absolute atomic E-state index is 12.0. The van der Waals surface area contributed by atoms with E-state index >= 15 is 0 Å². The molecule has 0 spiro atoms. The number of carbonyl (C=O) groups is 1. The number of alkyl halides is 3. The van der Waals surface area contributed by atoms with E-state index in [9.17, 15) is 26.4 Å². The number of esters is 1. The quantitative estimate of drug-likeness (QED) is 0.501. The summed E-state index contributed by atoms with van der Waals surface area (Å²) in [6, 6.07) is 0. The van der Waals surface area contributed by atoms with Crippen molar-refractivity contribution < 1.29 is 31.1 Å². The molecule has 0 saturated heterocycles. The molecule has 0 aliphatic carbocycles. The summed E-state index contributed by atoms with van der Waals surface area (Å²) in [6.45, 7) is 0. The summed E-state index contributed by atoms with van der Waals surface area (Å²) in [5, 5.41) is 0. The smallest absolute Gasteiger partial charge is 0.441 e. The molecule has 0 aromatic carbocycles. The van der Waals surface area contributed by atoms with Crippen molar-refractivity contribution in [3.8, 4) is 0 Å². The van der Waals surface area contributed by atoms with Crippen molar-refractivity contribution in [2.75, 3.05) is 13.4 Å². The Morgan fingerprint density at radius 2 is 1.79 bits per heavy atom. The average molecular weight is 233 g/mol. The Kier molecular flexibility index (Phi) is 3.63. The van der Waals surface area contributed by atoms with Gasteiger partial charge in [-0.25, -0.2) is 13.2 Å². The summed E-state index contributed by atoms with van der Waals surface area (Å²) in [5.74, 6) is -1.84. The van der Waals surface area contributed by atoms with Crippen molar-refractivity contribution in [1.29, 1.82) is 0 Å². The number of hydrogen-bond acceptors (Lipinski definition) is 4. The first-order valence-corrected chi connectivity index (χ1v) is 4.88. The van der Waals surface area contributed by atoms with Gasteiger partial charge >= 0.3 is 12.1 Å². The van der Waals surface area contributed by atoms with Gasteiger partial charge in [0.05, 0.1) is 13.4 Å². The molecular weight excluding hydrogens is 227 g/mol. The molecule has 0 aliphatic heterocycles. The van der Waals surface area contributed by atoms with Gasteiger partial charge in [0.25, 0.3) is 10.0 Å². The van der Waals surface area contributed by atoms with E-state index in [4.69, 9.17) is 0 Å². The molecule has 14 heavy (non-hydrogen) atoms. The summed E-state index contributed by atoms with van der Waals surface area (Å²) in [4.78, 5) is 10.5. The van der Waals surface area contributed by atoms with Crippen LogP contribution in [0.1, 0.15) is 0 Å². The number of hydrogen-bond donors (Lipinski definition) is 0. The van der Waals surface area contributed by atoms with Crippen molar-refractivity contribution >= 4 is 21.7 Å². The molecular formula is C5H6F3NO4S. The number of rotatable bonds is 2. The van der Waals surface area contributed by atoms with E-state index in [1.807, 2.05) is 0 Å². The summed E-state index contributed by atoms with van der Waals surface area (Å²) < 4.78 is 62.8. The van der Waals surface area contributed by atoms with Crippen LogP contribution in [0, 0.1) is 0 Å². The van der Waals surface area contributed by atoms with Gasteiger partial charge in [-0.3, -0.25) is 0 Å². The van der Waals surface area contributed by atoms with Crippen LogP contribution in [0.25, 0.3) is 0 Å².